The van der Waals surface area contributed by atoms with Crippen molar-refractivity contribution in [2.24, 2.45) is 0 Å². The molecule has 0 N–H and O–H groups in total. The van der Waals surface area contributed by atoms with Gasteiger partial charge in [0.15, 0.2) is 0 Å². The van der Waals surface area contributed by atoms with Crippen LogP contribution >= 0.6 is 34.7 Å². The Hall–Kier alpha value is -0.640. The number of hydrogen-bond acceptors (Lipinski definition) is 3. The van der Waals surface area contributed by atoms with Crippen molar-refractivity contribution in [1.29, 1.82) is 0 Å². The zero-order valence-corrected chi connectivity index (χ0v) is 9.40. The molecule has 0 atom stereocenters. The van der Waals surface area contributed by atoms with Crippen LogP contribution in [-0.4, -0.2) is 9.36 Å². The summed E-state index contributed by atoms with van der Waals surface area (Å²) in [5, 5.41) is 0.735. The van der Waals surface area contributed by atoms with Crippen molar-refractivity contribution in [3.8, 4) is 0 Å². The summed E-state index contributed by atoms with van der Waals surface area (Å²) in [6, 6.07) is 7.64. The van der Waals surface area contributed by atoms with Crippen LogP contribution in [0.15, 0.2) is 24.3 Å². The lowest BCUT2D eigenvalue weighted by atomic mass is 10.1. The summed E-state index contributed by atoms with van der Waals surface area (Å²) in [5.74, 6) is 0.716. The Morgan fingerprint density at radius 3 is 2.64 bits per heavy atom. The number of halogens is 2. The molecular formula is C9H6Cl2N2S. The van der Waals surface area contributed by atoms with Crippen molar-refractivity contribution < 1.29 is 0 Å². The van der Waals surface area contributed by atoms with Crippen molar-refractivity contribution in [2.45, 2.75) is 6.42 Å². The Morgan fingerprint density at radius 1 is 1.21 bits per heavy atom. The molecule has 0 unspecified atom stereocenters. The highest BCUT2D eigenvalue weighted by Gasteiger charge is 2.05. The van der Waals surface area contributed by atoms with E-state index in [-0.39, 0.29) is 0 Å². The van der Waals surface area contributed by atoms with Gasteiger partial charge in [0.2, 0.25) is 4.47 Å². The average molecular weight is 245 g/mol. The van der Waals surface area contributed by atoms with Crippen LogP contribution in [-0.2, 0) is 6.42 Å². The van der Waals surface area contributed by atoms with Gasteiger partial charge in [0.05, 0.1) is 0 Å². The molecule has 0 spiro atoms. The lowest BCUT2D eigenvalue weighted by molar-refractivity contribution is 1.04. The molecule has 5 heteroatoms. The molecule has 0 amide bonds. The second-order valence-corrected chi connectivity index (χ2v) is 4.47. The highest BCUT2D eigenvalue weighted by atomic mass is 35.5. The lowest BCUT2D eigenvalue weighted by Gasteiger charge is -1.99. The summed E-state index contributed by atoms with van der Waals surface area (Å²) in [5.41, 5.74) is 1.02. The zero-order chi connectivity index (χ0) is 9.97. The summed E-state index contributed by atoms with van der Waals surface area (Å²) in [6.07, 6.45) is 0.628. The predicted octanol–water partition coefficient (Wildman–Crippen LogP) is 3.44. The standard InChI is InChI=1S/C9H6Cl2N2S/c10-7-4-2-1-3-6(7)5-8-12-9(11)14-13-8/h1-4H,5H2. The van der Waals surface area contributed by atoms with Crippen LogP contribution in [0.5, 0.6) is 0 Å². The lowest BCUT2D eigenvalue weighted by Crippen LogP contribution is -1.90. The van der Waals surface area contributed by atoms with Gasteiger partial charge in [0.1, 0.15) is 5.82 Å². The molecule has 0 fully saturated rings. The van der Waals surface area contributed by atoms with Gasteiger partial charge >= 0.3 is 0 Å². The van der Waals surface area contributed by atoms with Crippen LogP contribution in [0.1, 0.15) is 11.4 Å². The molecule has 0 aliphatic rings. The second-order valence-electron chi connectivity index (χ2n) is 2.73. The maximum absolute atomic E-state index is 6.00. The van der Waals surface area contributed by atoms with E-state index in [1.807, 2.05) is 24.3 Å². The first-order valence-corrected chi connectivity index (χ1v) is 5.50. The van der Waals surface area contributed by atoms with Gasteiger partial charge < -0.3 is 0 Å². The Morgan fingerprint density at radius 2 is 2.00 bits per heavy atom. The molecule has 2 aromatic rings. The molecule has 0 radical (unpaired) electrons. The average Bonchev–Trinajstić information content (AvgIpc) is 2.56. The third-order valence-corrected chi connectivity index (χ3v) is 2.95. The van der Waals surface area contributed by atoms with Crippen LogP contribution in [0.25, 0.3) is 0 Å². The summed E-state index contributed by atoms with van der Waals surface area (Å²) >= 11 is 12.9. The van der Waals surface area contributed by atoms with Crippen molar-refractivity contribution >= 4 is 34.7 Å². The van der Waals surface area contributed by atoms with Gasteiger partial charge in [-0.15, -0.1) is 0 Å². The maximum atomic E-state index is 6.00. The summed E-state index contributed by atoms with van der Waals surface area (Å²) in [6.45, 7) is 0. The van der Waals surface area contributed by atoms with E-state index in [0.717, 1.165) is 10.6 Å². The van der Waals surface area contributed by atoms with Crippen molar-refractivity contribution in [2.75, 3.05) is 0 Å². The van der Waals surface area contributed by atoms with Crippen molar-refractivity contribution in [1.82, 2.24) is 9.36 Å². The topological polar surface area (TPSA) is 25.8 Å². The van der Waals surface area contributed by atoms with Gasteiger partial charge in [-0.3, -0.25) is 0 Å². The largest absolute Gasteiger partial charge is 0.208 e. The predicted molar refractivity (Wildman–Crippen MR) is 59.2 cm³/mol. The minimum Gasteiger partial charge on any atom is -0.208 e. The van der Waals surface area contributed by atoms with Gasteiger partial charge in [0, 0.05) is 11.4 Å². The molecule has 0 aliphatic carbocycles. The smallest absolute Gasteiger partial charge is 0.203 e. The fourth-order valence-electron chi connectivity index (χ4n) is 1.12. The Kier molecular flexibility index (Phi) is 3.01. The van der Waals surface area contributed by atoms with E-state index in [2.05, 4.69) is 9.36 Å². The first-order chi connectivity index (χ1) is 6.75. The number of aromatic nitrogens is 2. The van der Waals surface area contributed by atoms with Crippen molar-refractivity contribution in [3.05, 3.63) is 45.1 Å². The molecular weight excluding hydrogens is 239 g/mol. The second kappa shape index (κ2) is 4.26. The maximum Gasteiger partial charge on any atom is 0.203 e. The minimum atomic E-state index is 0.465. The van der Waals surface area contributed by atoms with Gasteiger partial charge in [0.25, 0.3) is 0 Å². The Labute approximate surface area is 95.7 Å². The molecule has 1 aromatic heterocycles. The van der Waals surface area contributed by atoms with E-state index in [1.165, 1.54) is 11.5 Å². The molecule has 0 aliphatic heterocycles. The van der Waals surface area contributed by atoms with Gasteiger partial charge in [-0.05, 0) is 34.8 Å². The Balaban J connectivity index is 2.23. The molecule has 2 rings (SSSR count). The summed E-state index contributed by atoms with van der Waals surface area (Å²) in [4.78, 5) is 4.06. The number of rotatable bonds is 2. The highest BCUT2D eigenvalue weighted by molar-refractivity contribution is 7.10. The van der Waals surface area contributed by atoms with Crippen LogP contribution in [0.3, 0.4) is 0 Å². The molecule has 2 nitrogen and oxygen atoms in total. The van der Waals surface area contributed by atoms with Gasteiger partial charge in [-0.1, -0.05) is 29.8 Å². The normalized spacial score (nSPS) is 10.4. The first-order valence-electron chi connectivity index (χ1n) is 3.97. The van der Waals surface area contributed by atoms with E-state index < -0.39 is 0 Å². The van der Waals surface area contributed by atoms with Crippen LogP contribution < -0.4 is 0 Å². The minimum absolute atomic E-state index is 0.465. The van der Waals surface area contributed by atoms with Crippen LogP contribution in [0, 0.1) is 0 Å². The van der Waals surface area contributed by atoms with E-state index >= 15 is 0 Å². The zero-order valence-electron chi connectivity index (χ0n) is 7.08. The van der Waals surface area contributed by atoms with Gasteiger partial charge in [-0.2, -0.15) is 4.37 Å². The van der Waals surface area contributed by atoms with E-state index in [9.17, 15) is 0 Å². The van der Waals surface area contributed by atoms with Crippen LogP contribution in [0.4, 0.5) is 0 Å². The van der Waals surface area contributed by atoms with E-state index in [1.54, 1.807) is 0 Å². The molecule has 72 valence electrons. The fourth-order valence-corrected chi connectivity index (χ4v) is 1.95. The fraction of sp³-hybridized carbons (Fsp3) is 0.111. The van der Waals surface area contributed by atoms with E-state index in [4.69, 9.17) is 23.2 Å². The molecule has 0 saturated heterocycles. The quantitative estimate of drug-likeness (QED) is 0.809. The number of benzene rings is 1. The molecule has 0 saturated carbocycles. The SMILES string of the molecule is Clc1nc(Cc2ccccc2Cl)ns1. The molecule has 14 heavy (non-hydrogen) atoms. The molecule has 0 bridgehead atoms. The number of nitrogens with zero attached hydrogens (tertiary/aromatic N) is 2. The summed E-state index contributed by atoms with van der Waals surface area (Å²) in [7, 11) is 0. The number of hydrogen-bond donors (Lipinski definition) is 0. The highest BCUT2D eigenvalue weighted by Crippen LogP contribution is 2.19. The molecule has 1 heterocycles. The molecule has 1 aromatic carbocycles. The Bertz CT molecular complexity index is 442. The third-order valence-electron chi connectivity index (χ3n) is 1.75. The van der Waals surface area contributed by atoms with Crippen molar-refractivity contribution in [3.63, 3.8) is 0 Å². The monoisotopic (exact) mass is 244 g/mol. The third kappa shape index (κ3) is 2.23. The van der Waals surface area contributed by atoms with E-state index in [0.29, 0.717) is 16.7 Å². The van der Waals surface area contributed by atoms with Gasteiger partial charge in [-0.25, -0.2) is 4.98 Å². The first kappa shape index (κ1) is 9.90. The summed E-state index contributed by atoms with van der Waals surface area (Å²) < 4.78 is 4.56. The van der Waals surface area contributed by atoms with Crippen LogP contribution in [0.2, 0.25) is 9.49 Å².